The largest absolute Gasteiger partial charge is 0.573 e. The van der Waals surface area contributed by atoms with Gasteiger partial charge in [0.25, 0.3) is 0 Å². The van der Waals surface area contributed by atoms with E-state index < -0.39 is 12.1 Å². The van der Waals surface area contributed by atoms with E-state index >= 15 is 0 Å². The Balaban J connectivity index is 1.64. The number of benzene rings is 2. The number of alkyl halides is 3. The van der Waals surface area contributed by atoms with Crippen LogP contribution in [-0.2, 0) is 4.79 Å². The Morgan fingerprint density at radius 1 is 1.14 bits per heavy atom. The summed E-state index contributed by atoms with van der Waals surface area (Å²) in [4.78, 5) is 12.4. The van der Waals surface area contributed by atoms with Crippen molar-refractivity contribution in [3.8, 4) is 28.4 Å². The highest BCUT2D eigenvalue weighted by atomic mass is 19.4. The summed E-state index contributed by atoms with van der Waals surface area (Å²) in [5.41, 5.74) is 1.44. The zero-order chi connectivity index (χ0) is 20.6. The monoisotopic (exact) mass is 407 g/mol. The predicted octanol–water partition coefficient (Wildman–Crippen LogP) is 4.70. The summed E-state index contributed by atoms with van der Waals surface area (Å²) in [6.07, 6.45) is -1.39. The lowest BCUT2D eigenvalue weighted by atomic mass is 9.84. The highest BCUT2D eigenvalue weighted by Gasteiger charge is 2.32. The third kappa shape index (κ3) is 4.26. The minimum atomic E-state index is -4.82. The fraction of sp³-hybridized carbons (Fsp3) is 0.381. The molecule has 1 aliphatic carbocycles. The van der Waals surface area contributed by atoms with E-state index in [9.17, 15) is 23.1 Å². The second-order valence-electron chi connectivity index (χ2n) is 7.31. The minimum absolute atomic E-state index is 0.0166. The lowest BCUT2D eigenvalue weighted by Gasteiger charge is -2.31. The molecule has 1 saturated carbocycles. The molecular formula is C21H20F3NO4. The first-order valence-corrected chi connectivity index (χ1v) is 9.46. The number of halogens is 3. The quantitative estimate of drug-likeness (QED) is 0.771. The van der Waals surface area contributed by atoms with Crippen molar-refractivity contribution < 1.29 is 32.5 Å². The van der Waals surface area contributed by atoms with Gasteiger partial charge >= 0.3 is 6.36 Å². The lowest BCUT2D eigenvalue weighted by molar-refractivity contribution is -0.274. The maximum atomic E-state index is 12.5. The van der Waals surface area contributed by atoms with Crippen LogP contribution in [0.15, 0.2) is 36.4 Å². The van der Waals surface area contributed by atoms with E-state index in [1.165, 1.54) is 0 Å². The summed E-state index contributed by atoms with van der Waals surface area (Å²) in [6, 6.07) is 8.17. The van der Waals surface area contributed by atoms with Crippen LogP contribution < -0.4 is 14.8 Å². The van der Waals surface area contributed by atoms with E-state index in [1.807, 2.05) is 0 Å². The van der Waals surface area contributed by atoms with Crippen LogP contribution in [0.4, 0.5) is 13.2 Å². The van der Waals surface area contributed by atoms with Crippen molar-refractivity contribution in [3.05, 3.63) is 42.0 Å². The van der Waals surface area contributed by atoms with Crippen LogP contribution in [0.2, 0.25) is 0 Å². The topological polar surface area (TPSA) is 67.8 Å². The van der Waals surface area contributed by atoms with Gasteiger partial charge in [0.1, 0.15) is 17.2 Å². The van der Waals surface area contributed by atoms with Crippen LogP contribution in [0.1, 0.15) is 37.3 Å². The molecule has 1 aliphatic heterocycles. The molecule has 8 heteroatoms. The number of ether oxygens (including phenoxy) is 2. The van der Waals surface area contributed by atoms with Crippen LogP contribution >= 0.6 is 0 Å². The third-order valence-corrected chi connectivity index (χ3v) is 5.35. The number of fused-ring (bicyclic) bond motifs is 1. The Kier molecular flexibility index (Phi) is 5.02. The van der Waals surface area contributed by atoms with Crippen LogP contribution in [0.5, 0.6) is 17.2 Å². The van der Waals surface area contributed by atoms with Gasteiger partial charge in [0.05, 0.1) is 12.6 Å². The van der Waals surface area contributed by atoms with Crippen molar-refractivity contribution in [2.45, 2.75) is 38.1 Å². The van der Waals surface area contributed by atoms with Gasteiger partial charge in [-0.15, -0.1) is 13.2 Å². The van der Waals surface area contributed by atoms with Crippen molar-refractivity contribution in [1.29, 1.82) is 0 Å². The molecule has 1 fully saturated rings. The number of hydrogen-bond donors (Lipinski definition) is 2. The van der Waals surface area contributed by atoms with Crippen molar-refractivity contribution in [3.63, 3.8) is 0 Å². The number of rotatable bonds is 4. The van der Waals surface area contributed by atoms with Gasteiger partial charge in [0.2, 0.25) is 5.91 Å². The van der Waals surface area contributed by atoms with E-state index in [0.29, 0.717) is 24.3 Å². The van der Waals surface area contributed by atoms with E-state index in [1.54, 1.807) is 18.2 Å². The van der Waals surface area contributed by atoms with Crippen molar-refractivity contribution in [1.82, 2.24) is 5.32 Å². The molecule has 2 aromatic carbocycles. The van der Waals surface area contributed by atoms with Crippen LogP contribution in [-0.4, -0.2) is 24.0 Å². The molecule has 1 unspecified atom stereocenters. The summed E-state index contributed by atoms with van der Waals surface area (Å²) in [7, 11) is 0. The highest BCUT2D eigenvalue weighted by molar-refractivity contribution is 5.80. The number of carbonyl (C=O) groups is 1. The molecule has 0 spiro atoms. The first-order chi connectivity index (χ1) is 13.8. The van der Waals surface area contributed by atoms with Gasteiger partial charge in [-0.25, -0.2) is 0 Å². The summed E-state index contributed by atoms with van der Waals surface area (Å²) in [5, 5.41) is 13.2. The van der Waals surface area contributed by atoms with Crippen LogP contribution in [0, 0.1) is 5.92 Å². The molecule has 0 bridgehead atoms. The van der Waals surface area contributed by atoms with Gasteiger partial charge in [-0.1, -0.05) is 12.5 Å². The molecule has 1 atom stereocenters. The number of amides is 1. The molecule has 1 amide bonds. The number of carbonyl (C=O) groups excluding carboxylic acids is 1. The Bertz CT molecular complexity index is 925. The molecular weight excluding hydrogens is 387 g/mol. The third-order valence-electron chi connectivity index (χ3n) is 5.35. The minimum Gasteiger partial charge on any atom is -0.507 e. The Morgan fingerprint density at radius 2 is 1.93 bits per heavy atom. The molecule has 2 N–H and O–H groups in total. The Hall–Kier alpha value is -2.90. The van der Waals surface area contributed by atoms with Crippen LogP contribution in [0.25, 0.3) is 11.1 Å². The molecule has 0 radical (unpaired) electrons. The maximum absolute atomic E-state index is 12.5. The zero-order valence-corrected chi connectivity index (χ0v) is 15.5. The number of aromatic hydroxyl groups is 1. The van der Waals surface area contributed by atoms with Gasteiger partial charge in [0.15, 0.2) is 0 Å². The highest BCUT2D eigenvalue weighted by Crippen LogP contribution is 2.40. The number of phenols is 1. The van der Waals surface area contributed by atoms with Crippen LogP contribution in [0.3, 0.4) is 0 Å². The maximum Gasteiger partial charge on any atom is 0.573 e. The molecule has 2 aliphatic rings. The average Bonchev–Trinajstić information content (AvgIpc) is 2.60. The lowest BCUT2D eigenvalue weighted by Crippen LogP contribution is -2.38. The second kappa shape index (κ2) is 7.50. The normalized spacial score (nSPS) is 18.9. The van der Waals surface area contributed by atoms with E-state index in [2.05, 4.69) is 10.1 Å². The second-order valence-corrected chi connectivity index (χ2v) is 7.31. The summed E-state index contributed by atoms with van der Waals surface area (Å²) < 4.78 is 47.2. The smallest absolute Gasteiger partial charge is 0.507 e. The van der Waals surface area contributed by atoms with E-state index in [0.717, 1.165) is 43.0 Å². The zero-order valence-electron chi connectivity index (χ0n) is 15.5. The Labute approximate surface area is 165 Å². The molecule has 1 heterocycles. The molecule has 29 heavy (non-hydrogen) atoms. The van der Waals surface area contributed by atoms with Gasteiger partial charge < -0.3 is 19.9 Å². The number of phenolic OH excluding ortho intramolecular Hbond substituents is 1. The summed E-state index contributed by atoms with van der Waals surface area (Å²) >= 11 is 0. The molecule has 154 valence electrons. The molecule has 0 saturated heterocycles. The van der Waals surface area contributed by atoms with E-state index in [4.69, 9.17) is 4.74 Å². The predicted molar refractivity (Wildman–Crippen MR) is 98.6 cm³/mol. The van der Waals surface area contributed by atoms with Gasteiger partial charge in [0, 0.05) is 23.5 Å². The molecule has 0 aromatic heterocycles. The SMILES string of the molecule is O=C(NC1CCOc2ccc(-c3cc(OC(F)(F)F)ccc3O)cc21)C1CCC1. The first-order valence-electron chi connectivity index (χ1n) is 9.46. The first kappa shape index (κ1) is 19.4. The number of nitrogens with one attached hydrogen (secondary N) is 1. The Morgan fingerprint density at radius 3 is 2.62 bits per heavy atom. The van der Waals surface area contributed by atoms with Crippen molar-refractivity contribution >= 4 is 5.91 Å². The van der Waals surface area contributed by atoms with E-state index in [-0.39, 0.29) is 29.2 Å². The molecule has 4 rings (SSSR count). The summed E-state index contributed by atoms with van der Waals surface area (Å²) in [6.45, 7) is 0.460. The van der Waals surface area contributed by atoms with Gasteiger partial charge in [-0.3, -0.25) is 4.79 Å². The summed E-state index contributed by atoms with van der Waals surface area (Å²) in [5.74, 6) is 0.0779. The average molecular weight is 407 g/mol. The standard InChI is InChI=1S/C21H20F3NO4/c22-21(23,24)29-14-5-6-18(26)15(11-14)13-4-7-19-16(10-13)17(8-9-28-19)25-20(27)12-2-1-3-12/h4-7,10-12,17,26H,1-3,8-9H2,(H,25,27). The molecule has 5 nitrogen and oxygen atoms in total. The number of hydrogen-bond acceptors (Lipinski definition) is 4. The fourth-order valence-corrected chi connectivity index (χ4v) is 3.62. The van der Waals surface area contributed by atoms with Gasteiger partial charge in [-0.05, 0) is 48.7 Å². The van der Waals surface area contributed by atoms with Gasteiger partial charge in [-0.2, -0.15) is 0 Å². The molecule has 2 aromatic rings. The fourth-order valence-electron chi connectivity index (χ4n) is 3.62. The van der Waals surface area contributed by atoms with Crippen molar-refractivity contribution in [2.75, 3.05) is 6.61 Å². The van der Waals surface area contributed by atoms with Crippen molar-refractivity contribution in [2.24, 2.45) is 5.92 Å².